The molecule has 2 aliphatic rings. The van der Waals surface area contributed by atoms with E-state index in [0.717, 1.165) is 47.6 Å². The van der Waals surface area contributed by atoms with Crippen molar-refractivity contribution in [1.29, 1.82) is 0 Å². The molecule has 4 rings (SSSR count). The molecule has 0 unspecified atom stereocenters. The predicted molar refractivity (Wildman–Crippen MR) is 105 cm³/mol. The Balaban J connectivity index is 1.91. The van der Waals surface area contributed by atoms with Crippen LogP contribution in [0.4, 0.5) is 5.69 Å². The maximum absolute atomic E-state index is 12.2. The van der Waals surface area contributed by atoms with Gasteiger partial charge in [-0.2, -0.15) is 0 Å². The van der Waals surface area contributed by atoms with Crippen molar-refractivity contribution in [2.75, 3.05) is 18.9 Å². The van der Waals surface area contributed by atoms with E-state index in [1.807, 2.05) is 44.2 Å². The number of anilines is 1. The maximum atomic E-state index is 12.2. The number of fused-ring (bicyclic) bond motifs is 3. The molecule has 1 amide bonds. The Morgan fingerprint density at radius 3 is 2.78 bits per heavy atom. The molecule has 0 saturated heterocycles. The molecule has 0 bridgehead atoms. The minimum absolute atomic E-state index is 0.0665. The van der Waals surface area contributed by atoms with Gasteiger partial charge in [-0.1, -0.05) is 17.3 Å². The minimum Gasteiger partial charge on any atom is -0.491 e. The summed E-state index contributed by atoms with van der Waals surface area (Å²) < 4.78 is 5.85. The Kier molecular flexibility index (Phi) is 4.36. The number of amides is 1. The lowest BCUT2D eigenvalue weighted by molar-refractivity contribution is -0.110. The second kappa shape index (κ2) is 6.70. The summed E-state index contributed by atoms with van der Waals surface area (Å²) in [5, 5.41) is 15.5. The van der Waals surface area contributed by atoms with E-state index in [1.165, 1.54) is 5.56 Å². The standard InChI is InChI=1S/C21H23N3O3/c1-12(2)27-14-6-4-5-13(9-14)16-10-17-19(22-21(25)20(17)23-26)18-11-24(3)8-7-15(16)18/h4-6,9-10,12,26H,7-8,11H2,1-3H3,(H,22,23,25). The van der Waals surface area contributed by atoms with E-state index < -0.39 is 0 Å². The Hall–Kier alpha value is -2.86. The highest BCUT2D eigenvalue weighted by molar-refractivity contribution is 6.54. The summed E-state index contributed by atoms with van der Waals surface area (Å²) in [5.74, 6) is 0.451. The molecule has 2 N–H and O–H groups in total. The first-order valence-electron chi connectivity index (χ1n) is 9.16. The van der Waals surface area contributed by atoms with E-state index in [9.17, 15) is 10.0 Å². The number of rotatable bonds is 3. The zero-order valence-corrected chi connectivity index (χ0v) is 15.7. The fourth-order valence-electron chi connectivity index (χ4n) is 3.88. The predicted octanol–water partition coefficient (Wildman–Crippen LogP) is 3.26. The Labute approximate surface area is 158 Å². The van der Waals surface area contributed by atoms with Crippen LogP contribution in [0.3, 0.4) is 0 Å². The highest BCUT2D eigenvalue weighted by atomic mass is 16.5. The van der Waals surface area contributed by atoms with Gasteiger partial charge >= 0.3 is 0 Å². The van der Waals surface area contributed by atoms with Crippen LogP contribution in [0, 0.1) is 0 Å². The monoisotopic (exact) mass is 365 g/mol. The summed E-state index contributed by atoms with van der Waals surface area (Å²) in [7, 11) is 2.07. The molecule has 2 heterocycles. The van der Waals surface area contributed by atoms with Crippen molar-refractivity contribution in [2.45, 2.75) is 32.9 Å². The highest BCUT2D eigenvalue weighted by Crippen LogP contribution is 2.40. The summed E-state index contributed by atoms with van der Waals surface area (Å²) in [6.07, 6.45) is 0.989. The molecule has 0 radical (unpaired) electrons. The van der Waals surface area contributed by atoms with Crippen LogP contribution in [0.1, 0.15) is 30.5 Å². The number of carbonyl (C=O) groups excluding carboxylic acids is 1. The van der Waals surface area contributed by atoms with E-state index in [1.54, 1.807) is 0 Å². The number of ether oxygens (including phenoxy) is 1. The minimum atomic E-state index is -0.364. The van der Waals surface area contributed by atoms with Crippen LogP contribution in [0.25, 0.3) is 11.1 Å². The molecule has 0 aromatic heterocycles. The lowest BCUT2D eigenvalue weighted by Crippen LogP contribution is -2.27. The van der Waals surface area contributed by atoms with Crippen LogP contribution in [0.2, 0.25) is 0 Å². The molecular formula is C21H23N3O3. The van der Waals surface area contributed by atoms with Crippen LogP contribution in [-0.2, 0) is 17.8 Å². The second-order valence-corrected chi connectivity index (χ2v) is 7.39. The Bertz CT molecular complexity index is 950. The first-order chi connectivity index (χ1) is 13.0. The van der Waals surface area contributed by atoms with E-state index in [-0.39, 0.29) is 17.7 Å². The lowest BCUT2D eigenvalue weighted by atomic mass is 9.87. The van der Waals surface area contributed by atoms with Crippen molar-refractivity contribution in [3.05, 3.63) is 47.0 Å². The van der Waals surface area contributed by atoms with Gasteiger partial charge in [-0.3, -0.25) is 4.79 Å². The number of benzene rings is 2. The molecule has 0 saturated carbocycles. The number of hydrogen-bond donors (Lipinski definition) is 2. The molecule has 6 nitrogen and oxygen atoms in total. The number of likely N-dealkylation sites (N-methyl/N-ethyl adjacent to an activating group) is 1. The summed E-state index contributed by atoms with van der Waals surface area (Å²) in [6.45, 7) is 5.70. The van der Waals surface area contributed by atoms with Crippen LogP contribution in [-0.4, -0.2) is 41.4 Å². The van der Waals surface area contributed by atoms with Gasteiger partial charge in [0.1, 0.15) is 5.75 Å². The van der Waals surface area contributed by atoms with Crippen molar-refractivity contribution in [3.63, 3.8) is 0 Å². The molecule has 6 heteroatoms. The van der Waals surface area contributed by atoms with Crippen LogP contribution < -0.4 is 10.1 Å². The summed E-state index contributed by atoms with van der Waals surface area (Å²) in [4.78, 5) is 14.4. The zero-order valence-electron chi connectivity index (χ0n) is 15.7. The smallest absolute Gasteiger partial charge is 0.278 e. The van der Waals surface area contributed by atoms with Crippen molar-refractivity contribution in [2.24, 2.45) is 5.16 Å². The number of carbonyl (C=O) groups is 1. The van der Waals surface area contributed by atoms with Gasteiger partial charge in [0.25, 0.3) is 5.91 Å². The topological polar surface area (TPSA) is 74.2 Å². The van der Waals surface area contributed by atoms with E-state index in [2.05, 4.69) is 22.4 Å². The van der Waals surface area contributed by atoms with E-state index >= 15 is 0 Å². The molecule has 27 heavy (non-hydrogen) atoms. The molecule has 0 atom stereocenters. The molecule has 140 valence electrons. The van der Waals surface area contributed by atoms with Crippen molar-refractivity contribution < 1.29 is 14.7 Å². The third kappa shape index (κ3) is 3.06. The lowest BCUT2D eigenvalue weighted by Gasteiger charge is -2.29. The number of nitrogens with one attached hydrogen (secondary N) is 1. The normalized spacial score (nSPS) is 17.8. The van der Waals surface area contributed by atoms with Gasteiger partial charge < -0.3 is 20.2 Å². The SMILES string of the molecule is CC(C)Oc1cccc(-c2cc3c(c4c2CCN(C)C4)NC(=O)/C3=N\O)c1. The number of hydrogen-bond acceptors (Lipinski definition) is 5. The number of nitrogens with zero attached hydrogens (tertiary/aromatic N) is 2. The maximum Gasteiger partial charge on any atom is 0.278 e. The van der Waals surface area contributed by atoms with Gasteiger partial charge in [-0.25, -0.2) is 0 Å². The Morgan fingerprint density at radius 1 is 1.22 bits per heavy atom. The average molecular weight is 365 g/mol. The number of oxime groups is 1. The van der Waals surface area contributed by atoms with Gasteiger partial charge in [0.05, 0.1) is 11.8 Å². The Morgan fingerprint density at radius 2 is 2.04 bits per heavy atom. The van der Waals surface area contributed by atoms with Gasteiger partial charge in [0.15, 0.2) is 5.71 Å². The van der Waals surface area contributed by atoms with Gasteiger partial charge in [-0.15, -0.1) is 0 Å². The first-order valence-corrected chi connectivity index (χ1v) is 9.16. The van der Waals surface area contributed by atoms with Crippen molar-refractivity contribution in [1.82, 2.24) is 4.90 Å². The summed E-state index contributed by atoms with van der Waals surface area (Å²) >= 11 is 0. The third-order valence-electron chi connectivity index (χ3n) is 5.05. The van der Waals surface area contributed by atoms with Gasteiger partial charge in [0.2, 0.25) is 0 Å². The molecule has 2 aliphatic heterocycles. The van der Waals surface area contributed by atoms with Crippen molar-refractivity contribution in [3.8, 4) is 16.9 Å². The van der Waals surface area contributed by atoms with Crippen LogP contribution in [0.5, 0.6) is 5.75 Å². The van der Waals surface area contributed by atoms with Crippen LogP contribution >= 0.6 is 0 Å². The van der Waals surface area contributed by atoms with Gasteiger partial charge in [-0.05, 0) is 67.8 Å². The summed E-state index contributed by atoms with van der Waals surface area (Å²) in [6, 6.07) is 9.96. The fourth-order valence-corrected chi connectivity index (χ4v) is 3.88. The molecular weight excluding hydrogens is 342 g/mol. The van der Waals surface area contributed by atoms with Crippen molar-refractivity contribution >= 4 is 17.3 Å². The fraction of sp³-hybridized carbons (Fsp3) is 0.333. The van der Waals surface area contributed by atoms with Gasteiger partial charge in [0, 0.05) is 18.7 Å². The quantitative estimate of drug-likeness (QED) is 0.647. The second-order valence-electron chi connectivity index (χ2n) is 7.39. The molecule has 2 aromatic rings. The summed E-state index contributed by atoms with van der Waals surface area (Å²) in [5.41, 5.74) is 5.91. The van der Waals surface area contributed by atoms with E-state index in [4.69, 9.17) is 4.74 Å². The third-order valence-corrected chi connectivity index (χ3v) is 5.05. The average Bonchev–Trinajstić information content (AvgIpc) is 2.96. The largest absolute Gasteiger partial charge is 0.491 e. The zero-order chi connectivity index (χ0) is 19.1. The first kappa shape index (κ1) is 17.5. The highest BCUT2D eigenvalue weighted by Gasteiger charge is 2.33. The van der Waals surface area contributed by atoms with E-state index in [0.29, 0.717) is 5.56 Å². The molecule has 2 aromatic carbocycles. The molecule has 0 spiro atoms. The van der Waals surface area contributed by atoms with Crippen LogP contribution in [0.15, 0.2) is 35.5 Å². The molecule has 0 fully saturated rings. The molecule has 0 aliphatic carbocycles.